The predicted octanol–water partition coefficient (Wildman–Crippen LogP) is 4.81. The summed E-state index contributed by atoms with van der Waals surface area (Å²) in [5, 5.41) is 3.89. The van der Waals surface area contributed by atoms with Gasteiger partial charge in [-0.1, -0.05) is 31.5 Å². The van der Waals surface area contributed by atoms with Crippen molar-refractivity contribution in [2.45, 2.75) is 33.3 Å². The van der Waals surface area contributed by atoms with Gasteiger partial charge in [0, 0.05) is 16.3 Å². The van der Waals surface area contributed by atoms with E-state index in [9.17, 15) is 0 Å². The molecule has 0 saturated carbocycles. The predicted molar refractivity (Wildman–Crippen MR) is 76.7 cm³/mol. The number of nitrogens with zero attached hydrogens (tertiary/aromatic N) is 1. The summed E-state index contributed by atoms with van der Waals surface area (Å²) in [4.78, 5) is 4.54. The summed E-state index contributed by atoms with van der Waals surface area (Å²) in [6.45, 7) is 6.78. The summed E-state index contributed by atoms with van der Waals surface area (Å²) in [6, 6.07) is 5.66. The fourth-order valence-electron chi connectivity index (χ4n) is 1.54. The van der Waals surface area contributed by atoms with Gasteiger partial charge in [-0.2, -0.15) is 0 Å². The Morgan fingerprint density at radius 3 is 2.83 bits per heavy atom. The minimum atomic E-state index is 0.469. The quantitative estimate of drug-likeness (QED) is 0.802. The Kier molecular flexibility index (Phi) is 4.25. The Hall–Kier alpha value is -1.06. The second kappa shape index (κ2) is 5.72. The van der Waals surface area contributed by atoms with Crippen molar-refractivity contribution in [3.63, 3.8) is 0 Å². The van der Waals surface area contributed by atoms with Crippen LogP contribution in [0.3, 0.4) is 0 Å². The molecule has 0 atom stereocenters. The molecule has 0 radical (unpaired) electrons. The zero-order chi connectivity index (χ0) is 13.1. The van der Waals surface area contributed by atoms with E-state index in [1.54, 1.807) is 11.3 Å². The zero-order valence-corrected chi connectivity index (χ0v) is 12.3. The van der Waals surface area contributed by atoms with Gasteiger partial charge in [0.05, 0.1) is 10.7 Å². The number of ether oxygens (including phenoxy) is 1. The van der Waals surface area contributed by atoms with Crippen molar-refractivity contribution in [1.29, 1.82) is 0 Å². The van der Waals surface area contributed by atoms with Gasteiger partial charge in [-0.15, -0.1) is 11.3 Å². The maximum atomic E-state index is 5.95. The molecule has 1 heterocycles. The van der Waals surface area contributed by atoms with Crippen LogP contribution in [0.5, 0.6) is 5.75 Å². The van der Waals surface area contributed by atoms with E-state index in [2.05, 4.69) is 24.2 Å². The van der Waals surface area contributed by atoms with Crippen molar-refractivity contribution >= 4 is 22.9 Å². The van der Waals surface area contributed by atoms with Crippen molar-refractivity contribution < 1.29 is 4.74 Å². The highest BCUT2D eigenvalue weighted by Gasteiger charge is 2.07. The number of thiazole rings is 1. The molecule has 0 aliphatic rings. The van der Waals surface area contributed by atoms with Gasteiger partial charge in [0.1, 0.15) is 12.4 Å². The molecule has 0 aliphatic carbocycles. The van der Waals surface area contributed by atoms with E-state index in [1.165, 1.54) is 0 Å². The number of hydrogen-bond donors (Lipinski definition) is 0. The van der Waals surface area contributed by atoms with Gasteiger partial charge in [-0.05, 0) is 24.6 Å². The average Bonchev–Trinajstić information content (AvgIpc) is 2.79. The molecular weight excluding hydrogens is 266 g/mol. The van der Waals surface area contributed by atoms with Gasteiger partial charge in [0.25, 0.3) is 0 Å². The first-order chi connectivity index (χ1) is 8.56. The van der Waals surface area contributed by atoms with Crippen LogP contribution in [0.4, 0.5) is 0 Å². The van der Waals surface area contributed by atoms with Gasteiger partial charge < -0.3 is 4.74 Å². The molecule has 0 spiro atoms. The van der Waals surface area contributed by atoms with Gasteiger partial charge in [-0.25, -0.2) is 4.98 Å². The fourth-order valence-corrected chi connectivity index (χ4v) is 2.52. The Balaban J connectivity index is 2.04. The first kappa shape index (κ1) is 13.4. The Labute approximate surface area is 117 Å². The van der Waals surface area contributed by atoms with Crippen LogP contribution in [0, 0.1) is 6.92 Å². The third-order valence-electron chi connectivity index (χ3n) is 2.59. The SMILES string of the molecule is Cc1ccc(Cl)cc1OCc1csc(C(C)C)n1. The number of aryl methyl sites for hydroxylation is 1. The average molecular weight is 282 g/mol. The van der Waals surface area contributed by atoms with Crippen LogP contribution >= 0.6 is 22.9 Å². The van der Waals surface area contributed by atoms with Crippen molar-refractivity contribution in [3.05, 3.63) is 44.9 Å². The van der Waals surface area contributed by atoms with E-state index >= 15 is 0 Å². The van der Waals surface area contributed by atoms with Crippen LogP contribution in [0.25, 0.3) is 0 Å². The Bertz CT molecular complexity index is 536. The molecule has 4 heteroatoms. The normalized spacial score (nSPS) is 10.9. The van der Waals surface area contributed by atoms with Crippen LogP contribution in [0.2, 0.25) is 5.02 Å². The third kappa shape index (κ3) is 3.24. The minimum absolute atomic E-state index is 0.469. The molecule has 0 amide bonds. The Morgan fingerprint density at radius 1 is 1.39 bits per heavy atom. The first-order valence-corrected chi connectivity index (χ1v) is 7.15. The lowest BCUT2D eigenvalue weighted by atomic mass is 10.2. The molecule has 0 fully saturated rings. The van der Waals surface area contributed by atoms with Crippen molar-refractivity contribution in [2.24, 2.45) is 0 Å². The summed E-state index contributed by atoms with van der Waals surface area (Å²) in [6.07, 6.45) is 0. The lowest BCUT2D eigenvalue weighted by Crippen LogP contribution is -1.98. The summed E-state index contributed by atoms with van der Waals surface area (Å²) < 4.78 is 5.76. The highest BCUT2D eigenvalue weighted by Crippen LogP contribution is 2.24. The molecule has 0 saturated heterocycles. The molecule has 0 aliphatic heterocycles. The maximum absolute atomic E-state index is 5.95. The van der Waals surface area contributed by atoms with Gasteiger partial charge >= 0.3 is 0 Å². The smallest absolute Gasteiger partial charge is 0.131 e. The number of hydrogen-bond acceptors (Lipinski definition) is 3. The third-order valence-corrected chi connectivity index (χ3v) is 4.02. The summed E-state index contributed by atoms with van der Waals surface area (Å²) in [5.41, 5.74) is 2.06. The van der Waals surface area contributed by atoms with E-state index in [1.807, 2.05) is 25.1 Å². The van der Waals surface area contributed by atoms with Crippen LogP contribution in [0.15, 0.2) is 23.6 Å². The van der Waals surface area contributed by atoms with Crippen molar-refractivity contribution in [3.8, 4) is 5.75 Å². The number of rotatable bonds is 4. The molecule has 0 N–H and O–H groups in total. The molecular formula is C14H16ClNOS. The molecule has 0 bridgehead atoms. The van der Waals surface area contributed by atoms with Gasteiger partial charge in [0.2, 0.25) is 0 Å². The highest BCUT2D eigenvalue weighted by molar-refractivity contribution is 7.09. The summed E-state index contributed by atoms with van der Waals surface area (Å²) in [5.74, 6) is 1.29. The molecule has 1 aromatic heterocycles. The van der Waals surface area contributed by atoms with E-state index in [4.69, 9.17) is 16.3 Å². The molecule has 2 rings (SSSR count). The fraction of sp³-hybridized carbons (Fsp3) is 0.357. The van der Waals surface area contributed by atoms with E-state index < -0.39 is 0 Å². The van der Waals surface area contributed by atoms with Crippen LogP contribution in [0.1, 0.15) is 36.0 Å². The maximum Gasteiger partial charge on any atom is 0.131 e. The van der Waals surface area contributed by atoms with Crippen molar-refractivity contribution in [1.82, 2.24) is 4.98 Å². The van der Waals surface area contributed by atoms with E-state index in [-0.39, 0.29) is 0 Å². The van der Waals surface area contributed by atoms with E-state index in [0.29, 0.717) is 17.5 Å². The topological polar surface area (TPSA) is 22.1 Å². The second-order valence-electron chi connectivity index (χ2n) is 4.53. The zero-order valence-electron chi connectivity index (χ0n) is 10.7. The van der Waals surface area contributed by atoms with E-state index in [0.717, 1.165) is 22.0 Å². The highest BCUT2D eigenvalue weighted by atomic mass is 35.5. The lowest BCUT2D eigenvalue weighted by Gasteiger charge is -2.08. The molecule has 96 valence electrons. The number of benzene rings is 1. The van der Waals surface area contributed by atoms with Gasteiger partial charge in [-0.3, -0.25) is 0 Å². The summed E-state index contributed by atoms with van der Waals surface area (Å²) in [7, 11) is 0. The lowest BCUT2D eigenvalue weighted by molar-refractivity contribution is 0.300. The van der Waals surface area contributed by atoms with Crippen LogP contribution in [-0.2, 0) is 6.61 Å². The minimum Gasteiger partial charge on any atom is -0.487 e. The second-order valence-corrected chi connectivity index (χ2v) is 5.86. The standard InChI is InChI=1S/C14H16ClNOS/c1-9(2)14-16-12(8-18-14)7-17-13-6-11(15)5-4-10(13)3/h4-6,8-9H,7H2,1-3H3. The largest absolute Gasteiger partial charge is 0.487 e. The molecule has 1 aromatic carbocycles. The Morgan fingerprint density at radius 2 is 2.17 bits per heavy atom. The molecule has 0 unspecified atom stereocenters. The van der Waals surface area contributed by atoms with Crippen LogP contribution in [-0.4, -0.2) is 4.98 Å². The molecule has 18 heavy (non-hydrogen) atoms. The number of halogens is 1. The monoisotopic (exact) mass is 281 g/mol. The molecule has 2 aromatic rings. The molecule has 2 nitrogen and oxygen atoms in total. The summed E-state index contributed by atoms with van der Waals surface area (Å²) >= 11 is 7.63. The number of aromatic nitrogens is 1. The van der Waals surface area contributed by atoms with Crippen LogP contribution < -0.4 is 4.74 Å². The van der Waals surface area contributed by atoms with Crippen molar-refractivity contribution in [2.75, 3.05) is 0 Å². The first-order valence-electron chi connectivity index (χ1n) is 5.89. The van der Waals surface area contributed by atoms with Gasteiger partial charge in [0.15, 0.2) is 0 Å².